The highest BCUT2D eigenvalue weighted by molar-refractivity contribution is 6.09. The van der Waals surface area contributed by atoms with Crippen LogP contribution in [0.4, 0.5) is 0 Å². The number of rotatable bonds is 9. The lowest BCUT2D eigenvalue weighted by molar-refractivity contribution is -0.143. The van der Waals surface area contributed by atoms with E-state index in [0.29, 0.717) is 35.5 Å². The standard InChI is InChI=1S/C22H22O5/c1-3-26-21(24)12-13-27-20-10-8-19(9-11-20)22(25)18-6-4-17(5-7-18)14-16(2)15-23/h4-11H,3,12-14H2,1-2H3. The zero-order valence-corrected chi connectivity index (χ0v) is 15.5. The van der Waals surface area contributed by atoms with Gasteiger partial charge in [-0.1, -0.05) is 24.3 Å². The molecular weight excluding hydrogens is 344 g/mol. The van der Waals surface area contributed by atoms with Crippen molar-refractivity contribution in [1.82, 2.24) is 0 Å². The van der Waals surface area contributed by atoms with Gasteiger partial charge in [-0.15, -0.1) is 0 Å². The minimum absolute atomic E-state index is 0.0951. The molecule has 140 valence electrons. The quantitative estimate of drug-likeness (QED) is 0.385. The Bertz CT molecular complexity index is 828. The van der Waals surface area contributed by atoms with E-state index in [1.165, 1.54) is 0 Å². The second kappa shape index (κ2) is 10.1. The van der Waals surface area contributed by atoms with Crippen LogP contribution < -0.4 is 4.74 Å². The van der Waals surface area contributed by atoms with Crippen LogP contribution in [0.25, 0.3) is 0 Å². The molecule has 2 aromatic carbocycles. The van der Waals surface area contributed by atoms with E-state index in [0.717, 1.165) is 5.56 Å². The SMILES string of the molecule is CCOC(=O)CCOc1ccc(C(=O)c2ccc(CC(C)=C=O)cc2)cc1. The van der Waals surface area contributed by atoms with E-state index in [9.17, 15) is 14.4 Å². The lowest BCUT2D eigenvalue weighted by Gasteiger charge is -2.07. The summed E-state index contributed by atoms with van der Waals surface area (Å²) in [6.45, 7) is 4.06. The van der Waals surface area contributed by atoms with Gasteiger partial charge in [0, 0.05) is 23.1 Å². The van der Waals surface area contributed by atoms with Crippen LogP contribution in [-0.4, -0.2) is 30.9 Å². The average Bonchev–Trinajstić information content (AvgIpc) is 2.68. The summed E-state index contributed by atoms with van der Waals surface area (Å²) in [7, 11) is 0. The first kappa shape index (κ1) is 20.1. The second-order valence-corrected chi connectivity index (χ2v) is 6.01. The summed E-state index contributed by atoms with van der Waals surface area (Å²) < 4.78 is 10.3. The highest BCUT2D eigenvalue weighted by Crippen LogP contribution is 2.17. The predicted octanol–water partition coefficient (Wildman–Crippen LogP) is 3.57. The van der Waals surface area contributed by atoms with Gasteiger partial charge < -0.3 is 9.47 Å². The molecule has 5 heteroatoms. The Morgan fingerprint density at radius 2 is 1.56 bits per heavy atom. The van der Waals surface area contributed by atoms with Crippen molar-refractivity contribution in [2.45, 2.75) is 26.7 Å². The van der Waals surface area contributed by atoms with Crippen LogP contribution in [0.5, 0.6) is 5.75 Å². The monoisotopic (exact) mass is 366 g/mol. The van der Waals surface area contributed by atoms with Crippen molar-refractivity contribution in [1.29, 1.82) is 0 Å². The molecule has 0 aromatic heterocycles. The fourth-order valence-electron chi connectivity index (χ4n) is 2.47. The van der Waals surface area contributed by atoms with Gasteiger partial charge in [-0.2, -0.15) is 0 Å². The molecule has 0 saturated carbocycles. The first-order valence-electron chi connectivity index (χ1n) is 8.76. The lowest BCUT2D eigenvalue weighted by atomic mass is 10.00. The van der Waals surface area contributed by atoms with Gasteiger partial charge in [-0.25, -0.2) is 4.79 Å². The van der Waals surface area contributed by atoms with Crippen LogP contribution in [0.1, 0.15) is 41.8 Å². The maximum absolute atomic E-state index is 12.6. The minimum Gasteiger partial charge on any atom is -0.493 e. The molecule has 0 bridgehead atoms. The molecule has 0 atom stereocenters. The van der Waals surface area contributed by atoms with Gasteiger partial charge in [0.05, 0.1) is 19.6 Å². The largest absolute Gasteiger partial charge is 0.493 e. The van der Waals surface area contributed by atoms with E-state index < -0.39 is 0 Å². The third-order valence-electron chi connectivity index (χ3n) is 3.86. The second-order valence-electron chi connectivity index (χ2n) is 6.01. The number of hydrogen-bond donors (Lipinski definition) is 0. The number of ether oxygens (including phenoxy) is 2. The molecule has 0 radical (unpaired) electrons. The zero-order chi connectivity index (χ0) is 19.6. The first-order valence-corrected chi connectivity index (χ1v) is 8.76. The fourth-order valence-corrected chi connectivity index (χ4v) is 2.47. The van der Waals surface area contributed by atoms with Crippen LogP contribution >= 0.6 is 0 Å². The normalized spacial score (nSPS) is 10.0. The molecule has 0 N–H and O–H groups in total. The molecule has 27 heavy (non-hydrogen) atoms. The molecular formula is C22H22O5. The van der Waals surface area contributed by atoms with Crippen LogP contribution in [0.2, 0.25) is 0 Å². The van der Waals surface area contributed by atoms with Gasteiger partial charge in [0.2, 0.25) is 0 Å². The van der Waals surface area contributed by atoms with E-state index in [-0.39, 0.29) is 24.8 Å². The highest BCUT2D eigenvalue weighted by Gasteiger charge is 2.10. The molecule has 0 heterocycles. The summed E-state index contributed by atoms with van der Waals surface area (Å²) in [6.07, 6.45) is 0.704. The van der Waals surface area contributed by atoms with Crippen molar-refractivity contribution in [3.8, 4) is 5.75 Å². The topological polar surface area (TPSA) is 69.7 Å². The van der Waals surface area contributed by atoms with Gasteiger partial charge in [0.25, 0.3) is 0 Å². The molecule has 0 spiro atoms. The number of esters is 1. The van der Waals surface area contributed by atoms with E-state index in [2.05, 4.69) is 0 Å². The Hall–Kier alpha value is -3.17. The number of allylic oxidation sites excluding steroid dienone is 1. The lowest BCUT2D eigenvalue weighted by Crippen LogP contribution is -2.09. The maximum Gasteiger partial charge on any atom is 0.309 e. The molecule has 5 nitrogen and oxygen atoms in total. The highest BCUT2D eigenvalue weighted by atomic mass is 16.5. The molecule has 0 saturated heterocycles. The van der Waals surface area contributed by atoms with Crippen molar-refractivity contribution < 1.29 is 23.9 Å². The Kier molecular flexibility index (Phi) is 7.53. The minimum atomic E-state index is -0.299. The van der Waals surface area contributed by atoms with Gasteiger partial charge in [0.15, 0.2) is 5.78 Å². The van der Waals surface area contributed by atoms with Gasteiger partial charge in [-0.05, 0) is 43.7 Å². The molecule has 0 aliphatic heterocycles. The average molecular weight is 366 g/mol. The van der Waals surface area contributed by atoms with Crippen LogP contribution in [0, 0.1) is 0 Å². The van der Waals surface area contributed by atoms with Crippen molar-refractivity contribution in [2.24, 2.45) is 0 Å². The van der Waals surface area contributed by atoms with Gasteiger partial charge in [-0.3, -0.25) is 9.59 Å². The van der Waals surface area contributed by atoms with Crippen LogP contribution in [0.15, 0.2) is 54.1 Å². The predicted molar refractivity (Wildman–Crippen MR) is 102 cm³/mol. The van der Waals surface area contributed by atoms with E-state index in [4.69, 9.17) is 9.47 Å². The number of hydrogen-bond acceptors (Lipinski definition) is 5. The van der Waals surface area contributed by atoms with Crippen LogP contribution in [-0.2, 0) is 20.7 Å². The summed E-state index contributed by atoms with van der Waals surface area (Å²) in [6, 6.07) is 13.9. The summed E-state index contributed by atoms with van der Waals surface area (Å²) in [5, 5.41) is 0. The van der Waals surface area contributed by atoms with Crippen molar-refractivity contribution in [2.75, 3.05) is 13.2 Å². The smallest absolute Gasteiger partial charge is 0.309 e. The zero-order valence-electron chi connectivity index (χ0n) is 15.5. The summed E-state index contributed by atoms with van der Waals surface area (Å²) >= 11 is 0. The summed E-state index contributed by atoms with van der Waals surface area (Å²) in [4.78, 5) is 34.4. The fraction of sp³-hybridized carbons (Fsp3) is 0.273. The van der Waals surface area contributed by atoms with Crippen LogP contribution in [0.3, 0.4) is 0 Å². The Morgan fingerprint density at radius 1 is 0.963 bits per heavy atom. The number of carbonyl (C=O) groups is 2. The van der Waals surface area contributed by atoms with Crippen molar-refractivity contribution in [3.63, 3.8) is 0 Å². The molecule has 0 fully saturated rings. The van der Waals surface area contributed by atoms with E-state index in [1.807, 2.05) is 18.1 Å². The van der Waals surface area contributed by atoms with E-state index >= 15 is 0 Å². The van der Waals surface area contributed by atoms with Crippen molar-refractivity contribution in [3.05, 3.63) is 70.8 Å². The first-order chi connectivity index (χ1) is 13.0. The number of ketones is 1. The molecule has 0 aliphatic rings. The molecule has 0 unspecified atom stereocenters. The maximum atomic E-state index is 12.6. The Balaban J connectivity index is 1.94. The van der Waals surface area contributed by atoms with Gasteiger partial charge >= 0.3 is 5.97 Å². The molecule has 0 amide bonds. The Labute approximate surface area is 158 Å². The third-order valence-corrected chi connectivity index (χ3v) is 3.86. The number of carbonyl (C=O) groups excluding carboxylic acids is 3. The third kappa shape index (κ3) is 6.24. The molecule has 0 aliphatic carbocycles. The number of benzene rings is 2. The molecule has 2 rings (SSSR count). The van der Waals surface area contributed by atoms with Gasteiger partial charge in [0.1, 0.15) is 11.7 Å². The summed E-state index contributed by atoms with van der Waals surface area (Å²) in [5.74, 6) is 2.06. The summed E-state index contributed by atoms with van der Waals surface area (Å²) in [5.41, 5.74) is 2.69. The van der Waals surface area contributed by atoms with Crippen molar-refractivity contribution >= 4 is 17.7 Å². The molecule has 2 aromatic rings. The Morgan fingerprint density at radius 3 is 2.11 bits per heavy atom. The van der Waals surface area contributed by atoms with E-state index in [1.54, 1.807) is 50.2 Å².